The fourth-order valence-electron chi connectivity index (χ4n) is 3.30. The fraction of sp³-hybridized carbons (Fsp3) is 0.375. The molecule has 3 rings (SSSR count). The van der Waals surface area contributed by atoms with E-state index in [4.69, 9.17) is 4.98 Å². The summed E-state index contributed by atoms with van der Waals surface area (Å²) in [5.41, 5.74) is 3.09. The van der Waals surface area contributed by atoms with Crippen molar-refractivity contribution in [2.45, 2.75) is 53.1 Å². The van der Waals surface area contributed by atoms with E-state index < -0.39 is 6.04 Å². The van der Waals surface area contributed by atoms with Gasteiger partial charge in [-0.1, -0.05) is 18.2 Å². The predicted molar refractivity (Wildman–Crippen MR) is 121 cm³/mol. The number of carbonyl (C=O) groups is 1. The number of amides is 2. The van der Waals surface area contributed by atoms with Crippen LogP contribution in [0.2, 0.25) is 0 Å². The fourth-order valence-corrected chi connectivity index (χ4v) is 3.30. The Labute approximate surface area is 177 Å². The number of urea groups is 1. The van der Waals surface area contributed by atoms with Gasteiger partial charge >= 0.3 is 6.03 Å². The van der Waals surface area contributed by atoms with E-state index in [2.05, 4.69) is 5.32 Å². The Morgan fingerprint density at radius 1 is 1.10 bits per heavy atom. The molecule has 0 bridgehead atoms. The summed E-state index contributed by atoms with van der Waals surface area (Å²) in [6, 6.07) is 12.6. The number of para-hydroxylation sites is 1. The molecule has 6 heteroatoms. The van der Waals surface area contributed by atoms with Crippen LogP contribution in [-0.2, 0) is 0 Å². The molecule has 2 amide bonds. The van der Waals surface area contributed by atoms with Crippen LogP contribution in [-0.4, -0.2) is 33.1 Å². The number of nitrogens with one attached hydrogen (secondary N) is 1. The summed E-state index contributed by atoms with van der Waals surface area (Å²) < 4.78 is 1.63. The van der Waals surface area contributed by atoms with Gasteiger partial charge in [0.25, 0.3) is 5.56 Å². The van der Waals surface area contributed by atoms with Crippen molar-refractivity contribution in [3.05, 3.63) is 69.8 Å². The van der Waals surface area contributed by atoms with E-state index in [0.717, 1.165) is 16.8 Å². The molecule has 0 aliphatic carbocycles. The second-order valence-corrected chi connectivity index (χ2v) is 8.86. The molecule has 1 aromatic heterocycles. The van der Waals surface area contributed by atoms with E-state index in [1.807, 2.05) is 77.9 Å². The van der Waals surface area contributed by atoms with Gasteiger partial charge in [0.05, 0.1) is 22.6 Å². The molecule has 3 aromatic rings. The Balaban J connectivity index is 2.21. The third-order valence-corrected chi connectivity index (χ3v) is 5.31. The lowest BCUT2D eigenvalue weighted by Crippen LogP contribution is -2.48. The van der Waals surface area contributed by atoms with Crippen LogP contribution >= 0.6 is 0 Å². The molecule has 0 fully saturated rings. The van der Waals surface area contributed by atoms with Crippen molar-refractivity contribution in [3.63, 3.8) is 0 Å². The number of hydrogen-bond acceptors (Lipinski definition) is 3. The standard InChI is InChI=1S/C24H30N4O2/c1-15-12-13-18(14-16(15)2)28-21(17(3)27(7)23(30)26-24(4,5)6)25-20-11-9-8-10-19(20)22(28)29/h8-14,17H,1-7H3,(H,26,30)/t17-/m0/s1. The number of nitrogens with zero attached hydrogens (tertiary/aromatic N) is 3. The van der Waals surface area contributed by atoms with Gasteiger partial charge in [0.15, 0.2) is 0 Å². The molecular formula is C24H30N4O2. The first-order valence-electron chi connectivity index (χ1n) is 10.1. The molecule has 0 aliphatic rings. The SMILES string of the molecule is Cc1ccc(-n2c([C@H](C)N(C)C(=O)NC(C)(C)C)nc3ccccc3c2=O)cc1C. The van der Waals surface area contributed by atoms with Gasteiger partial charge in [-0.15, -0.1) is 0 Å². The van der Waals surface area contributed by atoms with E-state index in [1.54, 1.807) is 22.6 Å². The van der Waals surface area contributed by atoms with Gasteiger partial charge in [0.2, 0.25) is 0 Å². The number of fused-ring (bicyclic) bond motifs is 1. The Kier molecular flexibility index (Phi) is 5.70. The molecule has 1 heterocycles. The quantitative estimate of drug-likeness (QED) is 0.696. The maximum Gasteiger partial charge on any atom is 0.318 e. The second kappa shape index (κ2) is 7.94. The molecule has 0 spiro atoms. The second-order valence-electron chi connectivity index (χ2n) is 8.86. The van der Waals surface area contributed by atoms with Gasteiger partial charge in [0.1, 0.15) is 5.82 Å². The van der Waals surface area contributed by atoms with Crippen molar-refractivity contribution in [1.82, 2.24) is 19.8 Å². The highest BCUT2D eigenvalue weighted by Gasteiger charge is 2.26. The maximum atomic E-state index is 13.5. The number of carbonyl (C=O) groups excluding carboxylic acids is 1. The maximum absolute atomic E-state index is 13.5. The molecule has 0 unspecified atom stereocenters. The number of aromatic nitrogens is 2. The summed E-state index contributed by atoms with van der Waals surface area (Å²) >= 11 is 0. The summed E-state index contributed by atoms with van der Waals surface area (Å²) in [6.45, 7) is 11.7. The van der Waals surface area contributed by atoms with Gasteiger partial charge < -0.3 is 10.2 Å². The predicted octanol–water partition coefficient (Wildman–Crippen LogP) is 4.50. The zero-order valence-corrected chi connectivity index (χ0v) is 18.8. The van der Waals surface area contributed by atoms with Crippen LogP contribution in [0.25, 0.3) is 16.6 Å². The van der Waals surface area contributed by atoms with Gasteiger partial charge in [-0.05, 0) is 76.9 Å². The average Bonchev–Trinajstić information content (AvgIpc) is 2.67. The van der Waals surface area contributed by atoms with Crippen molar-refractivity contribution in [2.75, 3.05) is 7.05 Å². The van der Waals surface area contributed by atoms with E-state index in [1.165, 1.54) is 0 Å². The molecule has 158 valence electrons. The van der Waals surface area contributed by atoms with Crippen LogP contribution in [0.15, 0.2) is 47.3 Å². The Morgan fingerprint density at radius 2 is 1.77 bits per heavy atom. The summed E-state index contributed by atoms with van der Waals surface area (Å²) in [4.78, 5) is 32.6. The summed E-state index contributed by atoms with van der Waals surface area (Å²) in [7, 11) is 1.72. The summed E-state index contributed by atoms with van der Waals surface area (Å²) in [6.07, 6.45) is 0. The molecule has 6 nitrogen and oxygen atoms in total. The van der Waals surface area contributed by atoms with Gasteiger partial charge in [-0.3, -0.25) is 9.36 Å². The van der Waals surface area contributed by atoms with Gasteiger partial charge in [-0.2, -0.15) is 0 Å². The molecular weight excluding hydrogens is 376 g/mol. The summed E-state index contributed by atoms with van der Waals surface area (Å²) in [5, 5.41) is 3.52. The van der Waals surface area contributed by atoms with Crippen LogP contribution in [0.1, 0.15) is 50.7 Å². The monoisotopic (exact) mass is 406 g/mol. The molecule has 0 saturated carbocycles. The van der Waals surface area contributed by atoms with Crippen LogP contribution in [0.5, 0.6) is 0 Å². The Bertz CT molecular complexity index is 1160. The number of rotatable bonds is 3. The van der Waals surface area contributed by atoms with Crippen molar-refractivity contribution in [3.8, 4) is 5.69 Å². The lowest BCUT2D eigenvalue weighted by Gasteiger charge is -2.30. The number of benzene rings is 2. The number of hydrogen-bond donors (Lipinski definition) is 1. The highest BCUT2D eigenvalue weighted by atomic mass is 16.2. The minimum absolute atomic E-state index is 0.143. The topological polar surface area (TPSA) is 67.2 Å². The van der Waals surface area contributed by atoms with Crippen molar-refractivity contribution in [2.24, 2.45) is 0 Å². The average molecular weight is 407 g/mol. The molecule has 30 heavy (non-hydrogen) atoms. The van der Waals surface area contributed by atoms with E-state index in [-0.39, 0.29) is 17.1 Å². The Morgan fingerprint density at radius 3 is 2.40 bits per heavy atom. The van der Waals surface area contributed by atoms with Crippen molar-refractivity contribution < 1.29 is 4.79 Å². The first kappa shape index (κ1) is 21.6. The molecule has 2 aromatic carbocycles. The van der Waals surface area contributed by atoms with E-state index in [9.17, 15) is 9.59 Å². The Hall–Kier alpha value is -3.15. The first-order chi connectivity index (χ1) is 14.0. The minimum atomic E-state index is -0.425. The summed E-state index contributed by atoms with van der Waals surface area (Å²) in [5.74, 6) is 0.522. The van der Waals surface area contributed by atoms with Gasteiger partial charge in [-0.25, -0.2) is 9.78 Å². The third kappa shape index (κ3) is 4.22. The van der Waals surface area contributed by atoms with Crippen LogP contribution < -0.4 is 10.9 Å². The van der Waals surface area contributed by atoms with Crippen LogP contribution in [0.3, 0.4) is 0 Å². The molecule has 0 radical (unpaired) electrons. The van der Waals surface area contributed by atoms with Crippen LogP contribution in [0.4, 0.5) is 4.79 Å². The lowest BCUT2D eigenvalue weighted by molar-refractivity contribution is 0.182. The lowest BCUT2D eigenvalue weighted by atomic mass is 10.1. The van der Waals surface area contributed by atoms with Crippen molar-refractivity contribution >= 4 is 16.9 Å². The number of aryl methyl sites for hydroxylation is 2. The first-order valence-corrected chi connectivity index (χ1v) is 10.1. The third-order valence-electron chi connectivity index (χ3n) is 5.31. The normalized spacial score (nSPS) is 12.6. The highest BCUT2D eigenvalue weighted by Crippen LogP contribution is 2.23. The van der Waals surface area contributed by atoms with E-state index in [0.29, 0.717) is 16.7 Å². The highest BCUT2D eigenvalue weighted by molar-refractivity contribution is 5.78. The van der Waals surface area contributed by atoms with Crippen LogP contribution in [0, 0.1) is 13.8 Å². The van der Waals surface area contributed by atoms with Crippen molar-refractivity contribution in [1.29, 1.82) is 0 Å². The molecule has 0 aliphatic heterocycles. The zero-order valence-electron chi connectivity index (χ0n) is 18.8. The van der Waals surface area contributed by atoms with E-state index >= 15 is 0 Å². The minimum Gasteiger partial charge on any atom is -0.333 e. The largest absolute Gasteiger partial charge is 0.333 e. The molecule has 0 saturated heterocycles. The smallest absolute Gasteiger partial charge is 0.318 e. The van der Waals surface area contributed by atoms with Gasteiger partial charge in [0, 0.05) is 12.6 Å². The zero-order chi connectivity index (χ0) is 22.2. The molecule has 1 N–H and O–H groups in total. The molecule has 1 atom stereocenters.